The second-order valence-corrected chi connectivity index (χ2v) is 10.1. The maximum atomic E-state index is 11.9. The Morgan fingerprint density at radius 3 is 2.68 bits per heavy atom. The summed E-state index contributed by atoms with van der Waals surface area (Å²) < 4.78 is 32.4. The SMILES string of the molecule is Cc1ncc(C[n+]2csc(CCOP(=O)(O)OP(=O)(O)O)c2C)c(NC(=O)CCN)n1. The first-order valence-electron chi connectivity index (χ1n) is 8.93. The van der Waals surface area contributed by atoms with Gasteiger partial charge in [0.25, 0.3) is 0 Å². The summed E-state index contributed by atoms with van der Waals surface area (Å²) in [5, 5.41) is 2.73. The monoisotopic (exact) mass is 496 g/mol. The number of aryl methyl sites for hydroxylation is 1. The number of carbonyl (C=O) groups is 1. The normalized spacial score (nSPS) is 13.7. The zero-order chi connectivity index (χ0) is 23.2. The van der Waals surface area contributed by atoms with Gasteiger partial charge in [0.2, 0.25) is 11.4 Å². The molecule has 2 aromatic heterocycles. The molecule has 0 fully saturated rings. The smallest absolute Gasteiger partial charge is 0.330 e. The van der Waals surface area contributed by atoms with Crippen molar-refractivity contribution in [2.24, 2.45) is 5.73 Å². The largest absolute Gasteiger partial charge is 0.481 e. The van der Waals surface area contributed by atoms with E-state index < -0.39 is 15.6 Å². The number of rotatable bonds is 11. The molecule has 0 aliphatic rings. The molecule has 2 heterocycles. The lowest BCUT2D eigenvalue weighted by atomic mass is 10.2. The summed E-state index contributed by atoms with van der Waals surface area (Å²) in [6.07, 6.45) is 2.00. The van der Waals surface area contributed by atoms with Crippen LogP contribution in [0.4, 0.5) is 5.82 Å². The second-order valence-electron chi connectivity index (χ2n) is 6.36. The van der Waals surface area contributed by atoms with Gasteiger partial charge in [0, 0.05) is 32.5 Å². The standard InChI is InChI=1S/C15H23N5O8P2S/c1-10-13(4-6-27-30(25,26)28-29(22,23)24)31-9-20(10)8-12-7-17-11(2)18-15(12)19-14(21)3-5-16/h7,9H,3-6,8,16H2,1-2H3,(H3-,17,18,19,21,22,23,24,25,26)/p+1. The Kier molecular flexibility index (Phi) is 8.95. The zero-order valence-electron chi connectivity index (χ0n) is 16.8. The number of anilines is 1. The van der Waals surface area contributed by atoms with Crippen molar-refractivity contribution in [1.29, 1.82) is 0 Å². The summed E-state index contributed by atoms with van der Waals surface area (Å²) >= 11 is 1.36. The Labute approximate surface area is 182 Å². The number of nitrogens with zero attached hydrogens (tertiary/aromatic N) is 3. The van der Waals surface area contributed by atoms with E-state index in [9.17, 15) is 18.8 Å². The Bertz CT molecular complexity index is 1030. The second kappa shape index (κ2) is 10.8. The number of amides is 1. The van der Waals surface area contributed by atoms with Crippen LogP contribution >= 0.6 is 27.0 Å². The molecule has 2 aromatic rings. The van der Waals surface area contributed by atoms with Gasteiger partial charge in [0.05, 0.1) is 17.0 Å². The van der Waals surface area contributed by atoms with E-state index in [1.165, 1.54) is 11.3 Å². The molecule has 172 valence electrons. The van der Waals surface area contributed by atoms with Crippen LogP contribution in [0, 0.1) is 13.8 Å². The first kappa shape index (κ1) is 25.7. The van der Waals surface area contributed by atoms with Crippen LogP contribution in [0.5, 0.6) is 0 Å². The Balaban J connectivity index is 2.07. The minimum absolute atomic E-state index is 0.164. The molecule has 6 N–H and O–H groups in total. The highest BCUT2D eigenvalue weighted by Gasteiger charge is 2.32. The number of hydrogen-bond donors (Lipinski definition) is 5. The van der Waals surface area contributed by atoms with E-state index >= 15 is 0 Å². The topological polar surface area (TPSA) is 198 Å². The lowest BCUT2D eigenvalue weighted by Gasteiger charge is -2.11. The number of aromatic nitrogens is 3. The van der Waals surface area contributed by atoms with Gasteiger partial charge in [0.1, 0.15) is 11.6 Å². The predicted molar refractivity (Wildman–Crippen MR) is 110 cm³/mol. The number of phosphoric acid groups is 2. The predicted octanol–water partition coefficient (Wildman–Crippen LogP) is 0.547. The van der Waals surface area contributed by atoms with Crippen LogP contribution in [0.15, 0.2) is 11.7 Å². The first-order valence-corrected chi connectivity index (χ1v) is 12.8. The molecule has 1 unspecified atom stereocenters. The van der Waals surface area contributed by atoms with E-state index in [0.29, 0.717) is 23.8 Å². The van der Waals surface area contributed by atoms with E-state index in [2.05, 4.69) is 24.1 Å². The van der Waals surface area contributed by atoms with E-state index in [1.54, 1.807) is 13.1 Å². The van der Waals surface area contributed by atoms with Crippen LogP contribution in [-0.2, 0) is 35.7 Å². The van der Waals surface area contributed by atoms with Gasteiger partial charge in [-0.1, -0.05) is 11.3 Å². The van der Waals surface area contributed by atoms with Gasteiger partial charge in [0.15, 0.2) is 12.2 Å². The Morgan fingerprint density at radius 1 is 1.32 bits per heavy atom. The first-order chi connectivity index (χ1) is 14.4. The van der Waals surface area contributed by atoms with E-state index in [4.69, 9.17) is 15.5 Å². The van der Waals surface area contributed by atoms with Gasteiger partial charge in [-0.05, 0) is 6.92 Å². The maximum absolute atomic E-state index is 11.9. The third-order valence-corrected chi connectivity index (χ3v) is 7.23. The molecular formula is C15H24N5O8P2S+. The summed E-state index contributed by atoms with van der Waals surface area (Å²) in [5.41, 5.74) is 8.74. The van der Waals surface area contributed by atoms with E-state index in [0.717, 1.165) is 10.6 Å². The highest BCUT2D eigenvalue weighted by atomic mass is 32.1. The van der Waals surface area contributed by atoms with Crippen molar-refractivity contribution in [3.63, 3.8) is 0 Å². The third-order valence-electron chi connectivity index (χ3n) is 3.90. The summed E-state index contributed by atoms with van der Waals surface area (Å²) in [6.45, 7) is 3.83. The maximum Gasteiger partial charge on any atom is 0.481 e. The molecule has 31 heavy (non-hydrogen) atoms. The van der Waals surface area contributed by atoms with Gasteiger partial charge in [-0.25, -0.2) is 19.1 Å². The van der Waals surface area contributed by atoms with Crippen LogP contribution in [-0.4, -0.2) is 43.7 Å². The van der Waals surface area contributed by atoms with Crippen molar-refractivity contribution in [3.8, 4) is 0 Å². The number of phosphoric ester groups is 1. The highest BCUT2D eigenvalue weighted by molar-refractivity contribution is 7.60. The van der Waals surface area contributed by atoms with Crippen molar-refractivity contribution in [2.45, 2.75) is 33.2 Å². The number of thiazole rings is 1. The van der Waals surface area contributed by atoms with Crippen molar-refractivity contribution < 1.29 is 42.0 Å². The van der Waals surface area contributed by atoms with Crippen LogP contribution in [0.3, 0.4) is 0 Å². The van der Waals surface area contributed by atoms with Crippen LogP contribution in [0.2, 0.25) is 0 Å². The number of nitrogens with two attached hydrogens (primary N) is 1. The van der Waals surface area contributed by atoms with Crippen molar-refractivity contribution in [2.75, 3.05) is 18.5 Å². The molecule has 2 rings (SSSR count). The highest BCUT2D eigenvalue weighted by Crippen LogP contribution is 2.57. The van der Waals surface area contributed by atoms with Crippen LogP contribution in [0.25, 0.3) is 0 Å². The molecule has 0 aliphatic carbocycles. The molecule has 0 bridgehead atoms. The lowest BCUT2D eigenvalue weighted by Crippen LogP contribution is -2.36. The molecule has 0 aliphatic heterocycles. The summed E-state index contributed by atoms with van der Waals surface area (Å²) in [7, 11) is -10.0. The van der Waals surface area contributed by atoms with Gasteiger partial charge in [-0.15, -0.1) is 0 Å². The molecule has 13 nitrogen and oxygen atoms in total. The lowest BCUT2D eigenvalue weighted by molar-refractivity contribution is -0.689. The number of nitrogens with one attached hydrogen (secondary N) is 1. The quantitative estimate of drug-likeness (QED) is 0.215. The molecule has 1 atom stereocenters. The van der Waals surface area contributed by atoms with Gasteiger partial charge >= 0.3 is 15.6 Å². The van der Waals surface area contributed by atoms with Crippen molar-refractivity contribution in [1.82, 2.24) is 9.97 Å². The Hall–Kier alpha value is -1.60. The molecule has 0 radical (unpaired) electrons. The molecule has 1 amide bonds. The third kappa shape index (κ3) is 8.45. The molecule has 0 aromatic carbocycles. The fourth-order valence-corrected chi connectivity index (χ4v) is 5.05. The zero-order valence-corrected chi connectivity index (χ0v) is 19.4. The molecule has 16 heteroatoms. The summed E-state index contributed by atoms with van der Waals surface area (Å²) in [4.78, 5) is 47.7. The summed E-state index contributed by atoms with van der Waals surface area (Å²) in [6, 6.07) is 0. The minimum atomic E-state index is -5.16. The fraction of sp³-hybridized carbons (Fsp3) is 0.467. The van der Waals surface area contributed by atoms with E-state index in [-0.39, 0.29) is 31.9 Å². The van der Waals surface area contributed by atoms with Crippen molar-refractivity contribution in [3.05, 3.63) is 33.7 Å². The minimum Gasteiger partial charge on any atom is -0.330 e. The Morgan fingerprint density at radius 2 is 2.03 bits per heavy atom. The van der Waals surface area contributed by atoms with Gasteiger partial charge in [-0.3, -0.25) is 9.32 Å². The molecular weight excluding hydrogens is 472 g/mol. The molecule has 0 saturated heterocycles. The number of hydrogen-bond acceptors (Lipinski definition) is 9. The average Bonchev–Trinajstić information content (AvgIpc) is 2.95. The van der Waals surface area contributed by atoms with Gasteiger partial charge < -0.3 is 25.7 Å². The fourth-order valence-electron chi connectivity index (χ4n) is 2.49. The van der Waals surface area contributed by atoms with Gasteiger partial charge in [-0.2, -0.15) is 8.88 Å². The van der Waals surface area contributed by atoms with Crippen LogP contribution in [0.1, 0.15) is 28.4 Å². The molecule has 0 saturated carbocycles. The van der Waals surface area contributed by atoms with Crippen LogP contribution < -0.4 is 15.6 Å². The summed E-state index contributed by atoms with van der Waals surface area (Å²) in [5.74, 6) is 0.644. The average molecular weight is 496 g/mol. The van der Waals surface area contributed by atoms with E-state index in [1.807, 2.05) is 17.0 Å². The van der Waals surface area contributed by atoms with Crippen molar-refractivity contribution >= 4 is 38.7 Å². The molecule has 0 spiro atoms. The number of carbonyl (C=O) groups excluding carboxylic acids is 1.